The molecule has 0 saturated heterocycles. The Morgan fingerprint density at radius 3 is 2.60 bits per heavy atom. The van der Waals surface area contributed by atoms with Crippen molar-refractivity contribution in [3.8, 4) is 0 Å². The van der Waals surface area contributed by atoms with E-state index >= 15 is 0 Å². The molecule has 1 amide bonds. The number of carbonyl (C=O) groups excluding carboxylic acids is 1. The van der Waals surface area contributed by atoms with Crippen LogP contribution in [0.1, 0.15) is 24.0 Å². The number of carbonyl (C=O) groups is 1. The minimum atomic E-state index is 0.0106. The number of aryl methyl sites for hydroxylation is 2. The molecular formula is C17H20N2O. The zero-order chi connectivity index (χ0) is 14.4. The molecule has 0 heterocycles. The lowest BCUT2D eigenvalue weighted by Crippen LogP contribution is -2.12. The van der Waals surface area contributed by atoms with Crippen LogP contribution in [0.25, 0.3) is 0 Å². The van der Waals surface area contributed by atoms with E-state index in [1.807, 2.05) is 43.3 Å². The molecule has 3 nitrogen and oxygen atoms in total. The molecule has 0 fully saturated rings. The van der Waals surface area contributed by atoms with Gasteiger partial charge in [0, 0.05) is 6.42 Å². The second-order valence-electron chi connectivity index (χ2n) is 4.98. The van der Waals surface area contributed by atoms with Gasteiger partial charge in [-0.1, -0.05) is 36.4 Å². The van der Waals surface area contributed by atoms with Gasteiger partial charge in [0.25, 0.3) is 0 Å². The maximum atomic E-state index is 11.9. The second-order valence-corrected chi connectivity index (χ2v) is 4.98. The fraction of sp³-hybridized carbons (Fsp3) is 0.235. The molecule has 0 bridgehead atoms. The summed E-state index contributed by atoms with van der Waals surface area (Å²) < 4.78 is 0. The van der Waals surface area contributed by atoms with Crippen molar-refractivity contribution >= 4 is 17.3 Å². The van der Waals surface area contributed by atoms with Crippen molar-refractivity contribution in [2.45, 2.75) is 26.2 Å². The first-order valence-corrected chi connectivity index (χ1v) is 6.85. The van der Waals surface area contributed by atoms with E-state index in [1.54, 1.807) is 0 Å². The molecule has 0 aromatic heterocycles. The average Bonchev–Trinajstić information content (AvgIpc) is 2.43. The van der Waals surface area contributed by atoms with Crippen LogP contribution >= 0.6 is 0 Å². The summed E-state index contributed by atoms with van der Waals surface area (Å²) in [6, 6.07) is 15.8. The van der Waals surface area contributed by atoms with E-state index in [2.05, 4.69) is 17.4 Å². The number of amides is 1. The van der Waals surface area contributed by atoms with Gasteiger partial charge in [-0.25, -0.2) is 0 Å². The number of hydrogen-bond acceptors (Lipinski definition) is 2. The summed E-state index contributed by atoms with van der Waals surface area (Å²) in [6.07, 6.45) is 2.25. The van der Waals surface area contributed by atoms with E-state index in [9.17, 15) is 4.79 Å². The molecule has 2 aromatic carbocycles. The summed E-state index contributed by atoms with van der Waals surface area (Å²) in [5.41, 5.74) is 9.53. The van der Waals surface area contributed by atoms with Crippen molar-refractivity contribution in [1.29, 1.82) is 0 Å². The summed E-state index contributed by atoms with van der Waals surface area (Å²) in [6.45, 7) is 1.97. The highest BCUT2D eigenvalue weighted by molar-refractivity contribution is 5.93. The highest BCUT2D eigenvalue weighted by atomic mass is 16.1. The highest BCUT2D eigenvalue weighted by Gasteiger charge is 2.05. The summed E-state index contributed by atoms with van der Waals surface area (Å²) in [5, 5.41) is 2.86. The fourth-order valence-corrected chi connectivity index (χ4v) is 2.11. The molecule has 0 aliphatic heterocycles. The SMILES string of the molecule is Cc1ccc(NC(=O)CCCc2ccccc2)c(N)c1. The highest BCUT2D eigenvalue weighted by Crippen LogP contribution is 2.19. The first-order valence-electron chi connectivity index (χ1n) is 6.85. The summed E-state index contributed by atoms with van der Waals surface area (Å²) in [7, 11) is 0. The minimum absolute atomic E-state index is 0.0106. The van der Waals surface area contributed by atoms with Crippen LogP contribution in [0.3, 0.4) is 0 Å². The maximum Gasteiger partial charge on any atom is 0.224 e. The predicted molar refractivity (Wildman–Crippen MR) is 83.6 cm³/mol. The van der Waals surface area contributed by atoms with Gasteiger partial charge in [-0.2, -0.15) is 0 Å². The molecule has 2 aromatic rings. The van der Waals surface area contributed by atoms with Crippen LogP contribution in [0.5, 0.6) is 0 Å². The minimum Gasteiger partial charge on any atom is -0.397 e. The number of nitrogen functional groups attached to an aromatic ring is 1. The van der Waals surface area contributed by atoms with Crippen LogP contribution in [0.15, 0.2) is 48.5 Å². The number of nitrogens with one attached hydrogen (secondary N) is 1. The van der Waals surface area contributed by atoms with E-state index in [-0.39, 0.29) is 5.91 Å². The van der Waals surface area contributed by atoms with Crippen LogP contribution in [0.4, 0.5) is 11.4 Å². The third kappa shape index (κ3) is 4.12. The lowest BCUT2D eigenvalue weighted by Gasteiger charge is -2.08. The molecule has 0 unspecified atom stereocenters. The van der Waals surface area contributed by atoms with Gasteiger partial charge in [-0.15, -0.1) is 0 Å². The first kappa shape index (κ1) is 14.1. The van der Waals surface area contributed by atoms with E-state index < -0.39 is 0 Å². The first-order chi connectivity index (χ1) is 9.65. The molecule has 0 spiro atoms. The molecule has 2 rings (SSSR count). The molecule has 0 aliphatic carbocycles. The maximum absolute atomic E-state index is 11.9. The standard InChI is InChI=1S/C17H20N2O/c1-13-10-11-16(15(18)12-13)19-17(20)9-5-8-14-6-3-2-4-7-14/h2-4,6-7,10-12H,5,8-9,18H2,1H3,(H,19,20). The zero-order valence-electron chi connectivity index (χ0n) is 11.7. The smallest absolute Gasteiger partial charge is 0.224 e. The monoisotopic (exact) mass is 268 g/mol. The van der Waals surface area contributed by atoms with Gasteiger partial charge < -0.3 is 11.1 Å². The Morgan fingerprint density at radius 2 is 1.90 bits per heavy atom. The topological polar surface area (TPSA) is 55.1 Å². The van der Waals surface area contributed by atoms with Gasteiger partial charge in [0.1, 0.15) is 0 Å². The fourth-order valence-electron chi connectivity index (χ4n) is 2.11. The van der Waals surface area contributed by atoms with E-state index in [0.717, 1.165) is 18.4 Å². The molecule has 0 saturated carbocycles. The van der Waals surface area contributed by atoms with Crippen LogP contribution in [0, 0.1) is 6.92 Å². The Balaban J connectivity index is 1.81. The van der Waals surface area contributed by atoms with Crippen molar-refractivity contribution in [3.63, 3.8) is 0 Å². The number of rotatable bonds is 5. The Morgan fingerprint density at radius 1 is 1.15 bits per heavy atom. The van der Waals surface area contributed by atoms with Crippen LogP contribution in [-0.4, -0.2) is 5.91 Å². The molecule has 104 valence electrons. The van der Waals surface area contributed by atoms with E-state index in [0.29, 0.717) is 17.8 Å². The van der Waals surface area contributed by atoms with Gasteiger partial charge >= 0.3 is 0 Å². The number of anilines is 2. The van der Waals surface area contributed by atoms with Crippen molar-refractivity contribution in [2.24, 2.45) is 0 Å². The third-order valence-electron chi connectivity index (χ3n) is 3.19. The van der Waals surface area contributed by atoms with Gasteiger partial charge in [-0.3, -0.25) is 4.79 Å². The quantitative estimate of drug-likeness (QED) is 0.815. The van der Waals surface area contributed by atoms with E-state index in [4.69, 9.17) is 5.73 Å². The Bertz CT molecular complexity index is 579. The van der Waals surface area contributed by atoms with Crippen LogP contribution in [-0.2, 0) is 11.2 Å². The molecule has 0 aliphatic rings. The Labute approximate surface area is 119 Å². The number of nitrogens with two attached hydrogens (primary N) is 1. The predicted octanol–water partition coefficient (Wildman–Crippen LogP) is 3.54. The average molecular weight is 268 g/mol. The zero-order valence-corrected chi connectivity index (χ0v) is 11.7. The number of hydrogen-bond donors (Lipinski definition) is 2. The summed E-state index contributed by atoms with van der Waals surface area (Å²) in [5.74, 6) is 0.0106. The molecule has 3 heteroatoms. The van der Waals surface area contributed by atoms with Crippen LogP contribution in [0.2, 0.25) is 0 Å². The molecular weight excluding hydrogens is 248 g/mol. The van der Waals surface area contributed by atoms with Crippen molar-refractivity contribution in [1.82, 2.24) is 0 Å². The summed E-state index contributed by atoms with van der Waals surface area (Å²) in [4.78, 5) is 11.9. The van der Waals surface area contributed by atoms with Crippen molar-refractivity contribution in [2.75, 3.05) is 11.1 Å². The second kappa shape index (κ2) is 6.75. The lowest BCUT2D eigenvalue weighted by atomic mass is 10.1. The van der Waals surface area contributed by atoms with Crippen LogP contribution < -0.4 is 11.1 Å². The van der Waals surface area contributed by atoms with Gasteiger partial charge in [0.2, 0.25) is 5.91 Å². The third-order valence-corrected chi connectivity index (χ3v) is 3.19. The largest absolute Gasteiger partial charge is 0.397 e. The molecule has 0 atom stereocenters. The van der Waals surface area contributed by atoms with E-state index in [1.165, 1.54) is 5.56 Å². The van der Waals surface area contributed by atoms with Crippen molar-refractivity contribution < 1.29 is 4.79 Å². The van der Waals surface area contributed by atoms with Gasteiger partial charge in [0.05, 0.1) is 11.4 Å². The Hall–Kier alpha value is -2.29. The number of benzene rings is 2. The lowest BCUT2D eigenvalue weighted by molar-refractivity contribution is -0.116. The molecule has 0 radical (unpaired) electrons. The van der Waals surface area contributed by atoms with Crippen molar-refractivity contribution in [3.05, 3.63) is 59.7 Å². The molecule has 3 N–H and O–H groups in total. The normalized spacial score (nSPS) is 10.2. The molecule has 20 heavy (non-hydrogen) atoms. The summed E-state index contributed by atoms with van der Waals surface area (Å²) >= 11 is 0. The van der Waals surface area contributed by atoms with Gasteiger partial charge in [-0.05, 0) is 43.0 Å². The Kier molecular flexibility index (Phi) is 4.77. The van der Waals surface area contributed by atoms with Gasteiger partial charge in [0.15, 0.2) is 0 Å².